The average Bonchev–Trinajstić information content (AvgIpc) is 2.40. The standard InChI is InChI=1S/C15H22FN3O3/c1-15(2,3)22-14(21)19(8-7-17)13(20)18-10-11-5-4-6-12(16)9-11/h4-6,9H,7-8,10,17H2,1-3H3,(H,18,20). The number of nitrogens with two attached hydrogens (primary N) is 1. The third-order valence-electron chi connectivity index (χ3n) is 2.54. The highest BCUT2D eigenvalue weighted by Gasteiger charge is 2.26. The summed E-state index contributed by atoms with van der Waals surface area (Å²) in [7, 11) is 0. The SMILES string of the molecule is CC(C)(C)OC(=O)N(CCN)C(=O)NCc1cccc(F)c1. The molecule has 0 heterocycles. The molecular weight excluding hydrogens is 289 g/mol. The van der Waals surface area contributed by atoms with Gasteiger partial charge in [0.15, 0.2) is 0 Å². The Kier molecular flexibility index (Phi) is 6.30. The molecule has 3 N–H and O–H groups in total. The summed E-state index contributed by atoms with van der Waals surface area (Å²) in [6.07, 6.45) is -0.769. The summed E-state index contributed by atoms with van der Waals surface area (Å²) in [6, 6.07) is 5.20. The van der Waals surface area contributed by atoms with E-state index in [1.807, 2.05) is 0 Å². The lowest BCUT2D eigenvalue weighted by Crippen LogP contribution is -2.47. The van der Waals surface area contributed by atoms with Gasteiger partial charge in [-0.2, -0.15) is 0 Å². The summed E-state index contributed by atoms with van der Waals surface area (Å²) in [6.45, 7) is 5.36. The summed E-state index contributed by atoms with van der Waals surface area (Å²) in [4.78, 5) is 25.0. The first kappa shape index (κ1) is 17.9. The van der Waals surface area contributed by atoms with E-state index < -0.39 is 23.5 Å². The van der Waals surface area contributed by atoms with Crippen molar-refractivity contribution < 1.29 is 18.7 Å². The van der Waals surface area contributed by atoms with Crippen LogP contribution in [0.3, 0.4) is 0 Å². The van der Waals surface area contributed by atoms with Gasteiger partial charge in [0.05, 0.1) is 0 Å². The van der Waals surface area contributed by atoms with Crippen molar-refractivity contribution in [3.8, 4) is 0 Å². The Morgan fingerprint density at radius 3 is 2.59 bits per heavy atom. The summed E-state index contributed by atoms with van der Waals surface area (Å²) < 4.78 is 18.2. The highest BCUT2D eigenvalue weighted by molar-refractivity contribution is 5.91. The monoisotopic (exact) mass is 311 g/mol. The van der Waals surface area contributed by atoms with Gasteiger partial charge in [-0.1, -0.05) is 12.1 Å². The molecule has 6 nitrogen and oxygen atoms in total. The molecule has 0 saturated carbocycles. The second-order valence-corrected chi connectivity index (χ2v) is 5.71. The predicted octanol–water partition coefficient (Wildman–Crippen LogP) is 2.23. The maximum absolute atomic E-state index is 13.1. The third kappa shape index (κ3) is 6.09. The molecule has 0 aliphatic rings. The van der Waals surface area contributed by atoms with Crippen LogP contribution >= 0.6 is 0 Å². The van der Waals surface area contributed by atoms with Gasteiger partial charge in [-0.25, -0.2) is 18.9 Å². The fraction of sp³-hybridized carbons (Fsp3) is 0.467. The van der Waals surface area contributed by atoms with E-state index in [1.54, 1.807) is 32.9 Å². The van der Waals surface area contributed by atoms with E-state index in [9.17, 15) is 14.0 Å². The van der Waals surface area contributed by atoms with Gasteiger partial charge < -0.3 is 15.8 Å². The number of halogens is 1. The number of imide groups is 1. The van der Waals surface area contributed by atoms with Crippen LogP contribution in [0.2, 0.25) is 0 Å². The number of hydrogen-bond donors (Lipinski definition) is 2. The van der Waals surface area contributed by atoms with Gasteiger partial charge in [0.1, 0.15) is 11.4 Å². The largest absolute Gasteiger partial charge is 0.443 e. The van der Waals surface area contributed by atoms with Gasteiger partial charge in [0.2, 0.25) is 0 Å². The number of nitrogens with zero attached hydrogens (tertiary/aromatic N) is 1. The number of urea groups is 1. The number of carbonyl (C=O) groups is 2. The lowest BCUT2D eigenvalue weighted by molar-refractivity contribution is 0.0325. The molecule has 22 heavy (non-hydrogen) atoms. The van der Waals surface area contributed by atoms with E-state index in [-0.39, 0.29) is 19.6 Å². The smallest absolute Gasteiger partial charge is 0.418 e. The summed E-state index contributed by atoms with van der Waals surface area (Å²) in [5.41, 5.74) is 5.29. The Labute approximate surface area is 129 Å². The van der Waals surface area contributed by atoms with Crippen molar-refractivity contribution in [1.82, 2.24) is 10.2 Å². The molecule has 0 unspecified atom stereocenters. The molecule has 3 amide bonds. The molecule has 0 aliphatic heterocycles. The number of amides is 3. The van der Waals surface area contributed by atoms with E-state index in [1.165, 1.54) is 12.1 Å². The summed E-state index contributed by atoms with van der Waals surface area (Å²) in [5, 5.41) is 2.54. The summed E-state index contributed by atoms with van der Waals surface area (Å²) in [5.74, 6) is -0.391. The molecule has 0 radical (unpaired) electrons. The predicted molar refractivity (Wildman–Crippen MR) is 80.6 cm³/mol. The molecule has 0 aromatic heterocycles. The number of carbonyl (C=O) groups excluding carboxylic acids is 2. The number of nitrogens with one attached hydrogen (secondary N) is 1. The quantitative estimate of drug-likeness (QED) is 0.893. The minimum Gasteiger partial charge on any atom is -0.443 e. The second-order valence-electron chi connectivity index (χ2n) is 5.71. The zero-order valence-corrected chi connectivity index (χ0v) is 13.1. The highest BCUT2D eigenvalue weighted by atomic mass is 19.1. The first-order chi connectivity index (χ1) is 10.2. The Morgan fingerprint density at radius 1 is 1.36 bits per heavy atom. The first-order valence-corrected chi connectivity index (χ1v) is 6.96. The zero-order chi connectivity index (χ0) is 16.8. The van der Waals surface area contributed by atoms with Crippen LogP contribution in [0.4, 0.5) is 14.0 Å². The van der Waals surface area contributed by atoms with Crippen LogP contribution in [0.5, 0.6) is 0 Å². The minimum absolute atomic E-state index is 0.0316. The van der Waals surface area contributed by atoms with Crippen molar-refractivity contribution in [2.24, 2.45) is 5.73 Å². The number of benzene rings is 1. The van der Waals surface area contributed by atoms with Gasteiger partial charge in [-0.05, 0) is 38.5 Å². The van der Waals surface area contributed by atoms with Crippen LogP contribution < -0.4 is 11.1 Å². The molecule has 1 aromatic rings. The molecule has 7 heteroatoms. The maximum atomic E-state index is 13.1. The fourth-order valence-corrected chi connectivity index (χ4v) is 1.64. The molecule has 0 bridgehead atoms. The molecule has 0 fully saturated rings. The van der Waals surface area contributed by atoms with E-state index in [0.717, 1.165) is 4.90 Å². The molecule has 1 aromatic carbocycles. The third-order valence-corrected chi connectivity index (χ3v) is 2.54. The number of hydrogen-bond acceptors (Lipinski definition) is 4. The van der Waals surface area contributed by atoms with Gasteiger partial charge in [0.25, 0.3) is 0 Å². The van der Waals surface area contributed by atoms with Crippen LogP contribution in [-0.4, -0.2) is 35.7 Å². The Balaban J connectivity index is 2.67. The molecule has 0 aliphatic carbocycles. The van der Waals surface area contributed by atoms with Crippen molar-refractivity contribution in [2.45, 2.75) is 32.9 Å². The van der Waals surface area contributed by atoms with Crippen molar-refractivity contribution in [3.05, 3.63) is 35.6 Å². The van der Waals surface area contributed by atoms with Gasteiger partial charge in [0, 0.05) is 19.6 Å². The zero-order valence-electron chi connectivity index (χ0n) is 13.1. The van der Waals surface area contributed by atoms with Crippen molar-refractivity contribution >= 4 is 12.1 Å². The maximum Gasteiger partial charge on any atom is 0.418 e. The van der Waals surface area contributed by atoms with Crippen LogP contribution in [0.1, 0.15) is 26.3 Å². The molecule has 122 valence electrons. The number of ether oxygens (including phenoxy) is 1. The van der Waals surface area contributed by atoms with E-state index >= 15 is 0 Å². The van der Waals surface area contributed by atoms with Crippen molar-refractivity contribution in [1.29, 1.82) is 0 Å². The van der Waals surface area contributed by atoms with Crippen LogP contribution in [0.15, 0.2) is 24.3 Å². The Hall–Kier alpha value is -2.15. The lowest BCUT2D eigenvalue weighted by atomic mass is 10.2. The molecule has 0 atom stereocenters. The lowest BCUT2D eigenvalue weighted by Gasteiger charge is -2.26. The van der Waals surface area contributed by atoms with Crippen LogP contribution in [0, 0.1) is 5.82 Å². The normalized spacial score (nSPS) is 11.0. The van der Waals surface area contributed by atoms with Crippen molar-refractivity contribution in [3.63, 3.8) is 0 Å². The topological polar surface area (TPSA) is 84.7 Å². The van der Waals surface area contributed by atoms with Gasteiger partial charge in [-0.3, -0.25) is 0 Å². The Bertz CT molecular complexity index is 529. The van der Waals surface area contributed by atoms with Crippen LogP contribution in [-0.2, 0) is 11.3 Å². The molecule has 0 saturated heterocycles. The Morgan fingerprint density at radius 2 is 2.05 bits per heavy atom. The van der Waals surface area contributed by atoms with Crippen molar-refractivity contribution in [2.75, 3.05) is 13.1 Å². The van der Waals surface area contributed by atoms with E-state index in [0.29, 0.717) is 5.56 Å². The minimum atomic E-state index is -0.769. The highest BCUT2D eigenvalue weighted by Crippen LogP contribution is 2.10. The molecule has 0 spiro atoms. The van der Waals surface area contributed by atoms with Gasteiger partial charge in [-0.15, -0.1) is 0 Å². The fourth-order valence-electron chi connectivity index (χ4n) is 1.64. The second kappa shape index (κ2) is 7.74. The van der Waals surface area contributed by atoms with E-state index in [4.69, 9.17) is 10.5 Å². The molecule has 1 rings (SSSR count). The first-order valence-electron chi connectivity index (χ1n) is 6.96. The van der Waals surface area contributed by atoms with E-state index in [2.05, 4.69) is 5.32 Å². The number of rotatable bonds is 4. The average molecular weight is 311 g/mol. The summed E-state index contributed by atoms with van der Waals surface area (Å²) >= 11 is 0. The van der Waals surface area contributed by atoms with Gasteiger partial charge >= 0.3 is 12.1 Å². The molecular formula is C15H22FN3O3. The van der Waals surface area contributed by atoms with Crippen LogP contribution in [0.25, 0.3) is 0 Å².